The first kappa shape index (κ1) is 13.8. The maximum absolute atomic E-state index is 4.60. The number of nitrogens with zero attached hydrogens (tertiary/aromatic N) is 2. The number of halogens is 1. The van der Waals surface area contributed by atoms with Crippen LogP contribution >= 0.6 is 15.9 Å². The normalized spacial score (nSPS) is 15.8. The molecule has 0 spiro atoms. The van der Waals surface area contributed by atoms with E-state index < -0.39 is 0 Å². The zero-order valence-corrected chi connectivity index (χ0v) is 13.0. The molecule has 1 N–H and O–H groups in total. The Bertz CT molecular complexity index is 402. The van der Waals surface area contributed by atoms with E-state index in [1.54, 1.807) is 0 Å². The Morgan fingerprint density at radius 1 is 1.50 bits per heavy atom. The van der Waals surface area contributed by atoms with Crippen molar-refractivity contribution in [3.8, 4) is 0 Å². The van der Waals surface area contributed by atoms with Gasteiger partial charge in [0.2, 0.25) is 0 Å². The Morgan fingerprint density at radius 2 is 2.22 bits per heavy atom. The minimum absolute atomic E-state index is 0.492. The molecule has 1 saturated carbocycles. The predicted octanol–water partition coefficient (Wildman–Crippen LogP) is 3.33. The molecular weight excluding hydrogens is 290 g/mol. The van der Waals surface area contributed by atoms with Crippen molar-refractivity contribution in [2.45, 2.75) is 51.7 Å². The van der Waals surface area contributed by atoms with Gasteiger partial charge in [0, 0.05) is 41.9 Å². The zero-order chi connectivity index (χ0) is 13.1. The van der Waals surface area contributed by atoms with Crippen LogP contribution in [0.5, 0.6) is 0 Å². The van der Waals surface area contributed by atoms with Gasteiger partial charge in [0.15, 0.2) is 0 Å². The highest BCUT2D eigenvalue weighted by molar-refractivity contribution is 9.10. The fraction of sp³-hybridized carbons (Fsp3) is 0.643. The maximum Gasteiger partial charge on any atom is 0.133 e. The molecule has 100 valence electrons. The molecule has 1 fully saturated rings. The summed E-state index contributed by atoms with van der Waals surface area (Å²) in [6.45, 7) is 5.21. The van der Waals surface area contributed by atoms with Crippen LogP contribution in [0.4, 0.5) is 5.82 Å². The number of rotatable bonds is 5. The van der Waals surface area contributed by atoms with Gasteiger partial charge in [0.25, 0.3) is 0 Å². The first-order valence-electron chi connectivity index (χ1n) is 6.68. The standard InChI is InChI=1S/C14H22BrN3/c1-10(2)16-8-11-7-12(15)9-17-14(11)18(3)13-5-4-6-13/h7,9-10,13,16H,4-6,8H2,1-3H3. The van der Waals surface area contributed by atoms with Gasteiger partial charge in [-0.2, -0.15) is 0 Å². The number of pyridine rings is 1. The van der Waals surface area contributed by atoms with E-state index in [1.165, 1.54) is 24.8 Å². The molecule has 0 aromatic carbocycles. The van der Waals surface area contributed by atoms with E-state index in [-0.39, 0.29) is 0 Å². The molecule has 1 heterocycles. The number of nitrogens with one attached hydrogen (secondary N) is 1. The topological polar surface area (TPSA) is 28.2 Å². The lowest BCUT2D eigenvalue weighted by Crippen LogP contribution is -2.38. The first-order chi connectivity index (χ1) is 8.58. The summed E-state index contributed by atoms with van der Waals surface area (Å²) in [5, 5.41) is 3.47. The number of hydrogen-bond acceptors (Lipinski definition) is 3. The minimum Gasteiger partial charge on any atom is -0.356 e. The number of hydrogen-bond donors (Lipinski definition) is 1. The van der Waals surface area contributed by atoms with Crippen LogP contribution in [0.25, 0.3) is 0 Å². The van der Waals surface area contributed by atoms with Gasteiger partial charge in [-0.1, -0.05) is 13.8 Å². The first-order valence-corrected chi connectivity index (χ1v) is 7.48. The van der Waals surface area contributed by atoms with Crippen LogP contribution in [0.1, 0.15) is 38.7 Å². The number of aromatic nitrogens is 1. The fourth-order valence-corrected chi connectivity index (χ4v) is 2.56. The van der Waals surface area contributed by atoms with Crippen LogP contribution in [0.2, 0.25) is 0 Å². The van der Waals surface area contributed by atoms with E-state index in [0.717, 1.165) is 16.8 Å². The molecule has 0 aliphatic heterocycles. The van der Waals surface area contributed by atoms with Gasteiger partial charge >= 0.3 is 0 Å². The van der Waals surface area contributed by atoms with Gasteiger partial charge < -0.3 is 10.2 Å². The largest absolute Gasteiger partial charge is 0.356 e. The van der Waals surface area contributed by atoms with E-state index in [2.05, 4.69) is 58.1 Å². The lowest BCUT2D eigenvalue weighted by molar-refractivity contribution is 0.398. The summed E-state index contributed by atoms with van der Waals surface area (Å²) < 4.78 is 1.05. The Morgan fingerprint density at radius 3 is 2.78 bits per heavy atom. The molecule has 0 bridgehead atoms. The summed E-state index contributed by atoms with van der Waals surface area (Å²) in [6.07, 6.45) is 5.84. The summed E-state index contributed by atoms with van der Waals surface area (Å²) in [4.78, 5) is 6.94. The van der Waals surface area contributed by atoms with Crippen molar-refractivity contribution in [2.24, 2.45) is 0 Å². The Labute approximate surface area is 118 Å². The summed E-state index contributed by atoms with van der Waals surface area (Å²) >= 11 is 3.51. The molecule has 2 rings (SSSR count). The lowest BCUT2D eigenvalue weighted by Gasteiger charge is -2.36. The van der Waals surface area contributed by atoms with Gasteiger partial charge in [-0.05, 0) is 41.3 Å². The molecule has 0 unspecified atom stereocenters. The molecule has 1 aliphatic carbocycles. The molecule has 1 aliphatic rings. The molecule has 0 atom stereocenters. The third kappa shape index (κ3) is 3.23. The fourth-order valence-electron chi connectivity index (χ4n) is 2.18. The van der Waals surface area contributed by atoms with Crippen LogP contribution < -0.4 is 10.2 Å². The van der Waals surface area contributed by atoms with Crippen molar-refractivity contribution in [1.29, 1.82) is 0 Å². The summed E-state index contributed by atoms with van der Waals surface area (Å²) in [5.41, 5.74) is 1.27. The highest BCUT2D eigenvalue weighted by atomic mass is 79.9. The van der Waals surface area contributed by atoms with Gasteiger partial charge in [-0.25, -0.2) is 4.98 Å². The van der Waals surface area contributed by atoms with Crippen molar-refractivity contribution < 1.29 is 0 Å². The van der Waals surface area contributed by atoms with E-state index >= 15 is 0 Å². The van der Waals surface area contributed by atoms with Crippen molar-refractivity contribution >= 4 is 21.7 Å². The van der Waals surface area contributed by atoms with E-state index in [0.29, 0.717) is 12.1 Å². The molecule has 18 heavy (non-hydrogen) atoms. The second kappa shape index (κ2) is 6.02. The van der Waals surface area contributed by atoms with Crippen LogP contribution in [-0.2, 0) is 6.54 Å². The molecule has 0 saturated heterocycles. The van der Waals surface area contributed by atoms with Gasteiger partial charge in [0.1, 0.15) is 5.82 Å². The molecule has 1 aromatic rings. The lowest BCUT2D eigenvalue weighted by atomic mass is 9.91. The van der Waals surface area contributed by atoms with E-state index in [1.807, 2.05) is 6.20 Å². The highest BCUT2D eigenvalue weighted by Crippen LogP contribution is 2.30. The van der Waals surface area contributed by atoms with Gasteiger partial charge in [-0.3, -0.25) is 0 Å². The third-order valence-electron chi connectivity index (χ3n) is 3.57. The molecule has 0 amide bonds. The van der Waals surface area contributed by atoms with Gasteiger partial charge in [0.05, 0.1) is 0 Å². The second-order valence-electron chi connectivity index (χ2n) is 5.37. The van der Waals surface area contributed by atoms with Crippen LogP contribution in [0.15, 0.2) is 16.7 Å². The SMILES string of the molecule is CC(C)NCc1cc(Br)cnc1N(C)C1CCC1. The smallest absolute Gasteiger partial charge is 0.133 e. The van der Waals surface area contributed by atoms with Crippen molar-refractivity contribution in [2.75, 3.05) is 11.9 Å². The predicted molar refractivity (Wildman–Crippen MR) is 80.0 cm³/mol. The van der Waals surface area contributed by atoms with Crippen LogP contribution in [0.3, 0.4) is 0 Å². The van der Waals surface area contributed by atoms with Crippen molar-refractivity contribution in [1.82, 2.24) is 10.3 Å². The zero-order valence-electron chi connectivity index (χ0n) is 11.4. The summed E-state index contributed by atoms with van der Waals surface area (Å²) in [7, 11) is 2.17. The average Bonchev–Trinajstić information content (AvgIpc) is 2.23. The maximum atomic E-state index is 4.60. The quantitative estimate of drug-likeness (QED) is 0.904. The molecule has 0 radical (unpaired) electrons. The average molecular weight is 312 g/mol. The summed E-state index contributed by atoms with van der Waals surface area (Å²) in [5.74, 6) is 1.12. The number of anilines is 1. The van der Waals surface area contributed by atoms with E-state index in [9.17, 15) is 0 Å². The Balaban J connectivity index is 2.16. The monoisotopic (exact) mass is 311 g/mol. The second-order valence-corrected chi connectivity index (χ2v) is 6.28. The minimum atomic E-state index is 0.492. The highest BCUT2D eigenvalue weighted by Gasteiger charge is 2.24. The van der Waals surface area contributed by atoms with Gasteiger partial charge in [-0.15, -0.1) is 0 Å². The molecule has 4 heteroatoms. The van der Waals surface area contributed by atoms with Crippen LogP contribution in [-0.4, -0.2) is 24.1 Å². The Hall–Kier alpha value is -0.610. The molecule has 3 nitrogen and oxygen atoms in total. The summed E-state index contributed by atoms with van der Waals surface area (Å²) in [6, 6.07) is 3.34. The van der Waals surface area contributed by atoms with E-state index in [4.69, 9.17) is 0 Å². The molecule has 1 aromatic heterocycles. The van der Waals surface area contributed by atoms with Crippen LogP contribution in [0, 0.1) is 0 Å². The molecular formula is C14H22BrN3. The third-order valence-corrected chi connectivity index (χ3v) is 4.00. The van der Waals surface area contributed by atoms with Crippen molar-refractivity contribution in [3.05, 3.63) is 22.3 Å². The Kier molecular flexibility index (Phi) is 4.62. The van der Waals surface area contributed by atoms with Crippen molar-refractivity contribution in [3.63, 3.8) is 0 Å².